The van der Waals surface area contributed by atoms with Crippen molar-refractivity contribution in [3.8, 4) is 11.5 Å². The molecule has 2 aromatic rings. The number of unbranched alkanes of at least 4 members (excludes halogenated alkanes) is 2. The van der Waals surface area contributed by atoms with Crippen molar-refractivity contribution < 1.29 is 30.3 Å². The van der Waals surface area contributed by atoms with Crippen molar-refractivity contribution in [2.24, 2.45) is 0 Å². The van der Waals surface area contributed by atoms with Crippen LogP contribution in [0, 0.1) is 0 Å². The van der Waals surface area contributed by atoms with Gasteiger partial charge in [0.15, 0.2) is 0 Å². The molecule has 0 radical (unpaired) electrons. The van der Waals surface area contributed by atoms with E-state index in [1.165, 1.54) is 18.2 Å². The normalized spacial score (nSPS) is 13.2. The van der Waals surface area contributed by atoms with Crippen LogP contribution in [0.15, 0.2) is 42.5 Å². The van der Waals surface area contributed by atoms with Crippen LogP contribution in [-0.2, 0) is 11.4 Å². The molecular formula is C22H29NO6. The monoisotopic (exact) mass is 403 g/mol. The number of aliphatic hydroxyl groups is 2. The van der Waals surface area contributed by atoms with Gasteiger partial charge in [-0.2, -0.15) is 0 Å². The van der Waals surface area contributed by atoms with Gasteiger partial charge in [-0.15, -0.1) is 0 Å². The number of carboxylic acid groups (broad SMARTS) is 1. The highest BCUT2D eigenvalue weighted by molar-refractivity contribution is 5.76. The van der Waals surface area contributed by atoms with Crippen molar-refractivity contribution in [1.29, 1.82) is 0 Å². The number of phenolic OH excluding ortho intramolecular Hbond substituents is 1. The van der Waals surface area contributed by atoms with E-state index in [4.69, 9.17) is 0 Å². The number of nitrogens with one attached hydrogen (secondary N) is 1. The molecule has 6 N–H and O–H groups in total. The van der Waals surface area contributed by atoms with Gasteiger partial charge in [0.25, 0.3) is 0 Å². The van der Waals surface area contributed by atoms with Crippen molar-refractivity contribution in [2.45, 2.75) is 44.3 Å². The van der Waals surface area contributed by atoms with Crippen LogP contribution >= 0.6 is 0 Å². The maximum absolute atomic E-state index is 11.5. The van der Waals surface area contributed by atoms with E-state index in [2.05, 4.69) is 5.32 Å². The quantitative estimate of drug-likeness (QED) is 0.300. The number of aromatic hydroxyl groups is 2. The lowest BCUT2D eigenvalue weighted by molar-refractivity contribution is -0.139. The Kier molecular flexibility index (Phi) is 8.92. The average Bonchev–Trinajstić information content (AvgIpc) is 2.69. The first-order chi connectivity index (χ1) is 13.9. The number of benzene rings is 2. The maximum atomic E-state index is 11.5. The fourth-order valence-electron chi connectivity index (χ4n) is 3.25. The summed E-state index contributed by atoms with van der Waals surface area (Å²) in [5.41, 5.74) is 1.60. The first-order valence-electron chi connectivity index (χ1n) is 9.75. The highest BCUT2D eigenvalue weighted by atomic mass is 16.4. The molecule has 2 unspecified atom stereocenters. The largest absolute Gasteiger partial charge is 0.508 e. The van der Waals surface area contributed by atoms with Gasteiger partial charge in [-0.25, -0.2) is 0 Å². The van der Waals surface area contributed by atoms with Crippen LogP contribution in [0.2, 0.25) is 0 Å². The molecule has 0 amide bonds. The molecule has 7 heteroatoms. The Morgan fingerprint density at radius 3 is 2.48 bits per heavy atom. The number of rotatable bonds is 12. The SMILES string of the molecule is O=C(O)C(CCCCCNCC(O)c1ccc(O)c(CO)c1)c1cccc(O)c1. The van der Waals surface area contributed by atoms with Gasteiger partial charge in [0.2, 0.25) is 0 Å². The molecule has 2 aromatic carbocycles. The molecule has 0 aromatic heterocycles. The predicted molar refractivity (Wildman–Crippen MR) is 109 cm³/mol. The number of aliphatic carboxylic acids is 1. The van der Waals surface area contributed by atoms with Gasteiger partial charge in [-0.05, 0) is 54.8 Å². The molecule has 0 heterocycles. The van der Waals surface area contributed by atoms with Crippen molar-refractivity contribution >= 4 is 5.97 Å². The highest BCUT2D eigenvalue weighted by Crippen LogP contribution is 2.26. The Morgan fingerprint density at radius 1 is 1.00 bits per heavy atom. The Labute approximate surface area is 170 Å². The number of hydrogen-bond donors (Lipinski definition) is 6. The predicted octanol–water partition coefficient (Wildman–Crippen LogP) is 2.64. The lowest BCUT2D eigenvalue weighted by atomic mass is 9.93. The van der Waals surface area contributed by atoms with Crippen LogP contribution in [0.3, 0.4) is 0 Å². The lowest BCUT2D eigenvalue weighted by Gasteiger charge is -2.14. The number of carbonyl (C=O) groups is 1. The average molecular weight is 403 g/mol. The van der Waals surface area contributed by atoms with Crippen LogP contribution in [0.1, 0.15) is 54.4 Å². The second-order valence-electron chi connectivity index (χ2n) is 7.10. The molecule has 2 atom stereocenters. The molecule has 0 spiro atoms. The van der Waals surface area contributed by atoms with Gasteiger partial charge < -0.3 is 30.8 Å². The van der Waals surface area contributed by atoms with Crippen molar-refractivity contribution in [3.63, 3.8) is 0 Å². The molecule has 0 aliphatic carbocycles. The summed E-state index contributed by atoms with van der Waals surface area (Å²) in [6, 6.07) is 11.0. The molecule has 29 heavy (non-hydrogen) atoms. The molecule has 0 fully saturated rings. The van der Waals surface area contributed by atoms with Crippen LogP contribution in [0.5, 0.6) is 11.5 Å². The van der Waals surface area contributed by atoms with Gasteiger partial charge >= 0.3 is 5.97 Å². The van der Waals surface area contributed by atoms with Gasteiger partial charge in [-0.1, -0.05) is 31.0 Å². The minimum atomic E-state index is -0.895. The zero-order valence-corrected chi connectivity index (χ0v) is 16.3. The van der Waals surface area contributed by atoms with Crippen LogP contribution in [0.25, 0.3) is 0 Å². The van der Waals surface area contributed by atoms with E-state index < -0.39 is 18.0 Å². The molecule has 0 aliphatic heterocycles. The van der Waals surface area contributed by atoms with E-state index in [0.717, 1.165) is 19.3 Å². The lowest BCUT2D eigenvalue weighted by Crippen LogP contribution is -2.22. The Hall–Kier alpha value is -2.61. The molecular weight excluding hydrogens is 374 g/mol. The van der Waals surface area contributed by atoms with Gasteiger partial charge in [0.1, 0.15) is 11.5 Å². The van der Waals surface area contributed by atoms with Gasteiger partial charge in [0, 0.05) is 12.1 Å². The second kappa shape index (κ2) is 11.4. The summed E-state index contributed by atoms with van der Waals surface area (Å²) in [6.07, 6.45) is 2.19. The maximum Gasteiger partial charge on any atom is 0.310 e. The van der Waals surface area contributed by atoms with E-state index in [-0.39, 0.29) is 18.1 Å². The molecule has 0 bridgehead atoms. The van der Waals surface area contributed by atoms with E-state index in [1.807, 2.05) is 0 Å². The summed E-state index contributed by atoms with van der Waals surface area (Å²) in [4.78, 5) is 11.5. The molecule has 0 saturated heterocycles. The van der Waals surface area contributed by atoms with E-state index >= 15 is 0 Å². The standard InChI is InChI=1S/C22H29NO6/c24-14-17-11-16(8-9-20(17)26)21(27)13-23-10-3-1-2-7-19(22(28)29)15-5-4-6-18(25)12-15/h4-6,8-9,11-12,19,21,23-27H,1-3,7,10,13-14H2,(H,28,29). The third-order valence-electron chi connectivity index (χ3n) is 4.91. The Balaban J connectivity index is 1.68. The molecule has 2 rings (SSSR count). The van der Waals surface area contributed by atoms with Crippen molar-refractivity contribution in [3.05, 3.63) is 59.2 Å². The van der Waals surface area contributed by atoms with E-state index in [1.54, 1.807) is 24.3 Å². The highest BCUT2D eigenvalue weighted by Gasteiger charge is 2.19. The summed E-state index contributed by atoms with van der Waals surface area (Å²) in [5.74, 6) is -1.46. The first kappa shape index (κ1) is 22.7. The summed E-state index contributed by atoms with van der Waals surface area (Å²) in [7, 11) is 0. The minimum absolute atomic E-state index is 0.00166. The zero-order chi connectivity index (χ0) is 21.2. The number of carboxylic acids is 1. The van der Waals surface area contributed by atoms with Gasteiger partial charge in [-0.3, -0.25) is 4.79 Å². The second-order valence-corrected chi connectivity index (χ2v) is 7.10. The third-order valence-corrected chi connectivity index (χ3v) is 4.91. The van der Waals surface area contributed by atoms with E-state index in [0.29, 0.717) is 36.2 Å². The third kappa shape index (κ3) is 7.05. The van der Waals surface area contributed by atoms with Crippen LogP contribution in [0.4, 0.5) is 0 Å². The number of phenols is 2. The molecule has 0 aliphatic rings. The molecule has 7 nitrogen and oxygen atoms in total. The summed E-state index contributed by atoms with van der Waals surface area (Å²) in [6.45, 7) is 0.738. The van der Waals surface area contributed by atoms with Gasteiger partial charge in [0.05, 0.1) is 18.6 Å². The minimum Gasteiger partial charge on any atom is -0.508 e. The number of aliphatic hydroxyl groups excluding tert-OH is 2. The fraction of sp³-hybridized carbons (Fsp3) is 0.409. The molecule has 158 valence electrons. The van der Waals surface area contributed by atoms with Crippen LogP contribution in [-0.4, -0.2) is 44.6 Å². The van der Waals surface area contributed by atoms with Crippen molar-refractivity contribution in [2.75, 3.05) is 13.1 Å². The van der Waals surface area contributed by atoms with Crippen molar-refractivity contribution in [1.82, 2.24) is 5.32 Å². The summed E-state index contributed by atoms with van der Waals surface area (Å²) >= 11 is 0. The Bertz CT molecular complexity index is 795. The molecule has 0 saturated carbocycles. The topological polar surface area (TPSA) is 130 Å². The Morgan fingerprint density at radius 2 is 1.79 bits per heavy atom. The van der Waals surface area contributed by atoms with Crippen LogP contribution < -0.4 is 5.32 Å². The first-order valence-corrected chi connectivity index (χ1v) is 9.75. The van der Waals surface area contributed by atoms with E-state index in [9.17, 15) is 30.3 Å². The fourth-order valence-corrected chi connectivity index (χ4v) is 3.25. The summed E-state index contributed by atoms with van der Waals surface area (Å²) in [5, 5.41) is 51.1. The smallest absolute Gasteiger partial charge is 0.310 e. The summed E-state index contributed by atoms with van der Waals surface area (Å²) < 4.78 is 0. The number of hydrogen-bond acceptors (Lipinski definition) is 6. The zero-order valence-electron chi connectivity index (χ0n) is 16.3.